The third-order valence-corrected chi connectivity index (χ3v) is 9.63. The van der Waals surface area contributed by atoms with Crippen molar-refractivity contribution in [2.24, 2.45) is 0 Å². The van der Waals surface area contributed by atoms with Crippen molar-refractivity contribution in [1.29, 1.82) is 0 Å². The summed E-state index contributed by atoms with van der Waals surface area (Å²) < 4.78 is 29.1. The Kier molecular flexibility index (Phi) is 10.5. The zero-order chi connectivity index (χ0) is 29.4. The van der Waals surface area contributed by atoms with E-state index < -0.39 is 28.5 Å². The molecule has 0 bridgehead atoms. The zero-order valence-corrected chi connectivity index (χ0v) is 25.2. The van der Waals surface area contributed by atoms with E-state index in [2.05, 4.69) is 5.32 Å². The highest BCUT2D eigenvalue weighted by Crippen LogP contribution is 2.30. The van der Waals surface area contributed by atoms with Crippen molar-refractivity contribution in [2.45, 2.75) is 69.4 Å². The summed E-state index contributed by atoms with van der Waals surface area (Å²) in [5, 5.41) is 3.50. The SMILES string of the molecule is CC[C@@H](C(=O)NC1CCCC1)N(CCc1ccccc1)C(=O)CN(c1cc(Cl)ccc1C)S(=O)(=O)c1ccccc1. The van der Waals surface area contributed by atoms with Crippen LogP contribution in [-0.2, 0) is 26.0 Å². The predicted octanol–water partition coefficient (Wildman–Crippen LogP) is 5.75. The maximum absolute atomic E-state index is 14.2. The molecule has 0 spiro atoms. The molecular weight excluding hydrogens is 558 g/mol. The highest BCUT2D eigenvalue weighted by atomic mass is 35.5. The molecule has 1 aliphatic rings. The van der Waals surface area contributed by atoms with Crippen LogP contribution in [-0.4, -0.2) is 50.3 Å². The summed E-state index contributed by atoms with van der Waals surface area (Å²) >= 11 is 6.30. The van der Waals surface area contributed by atoms with Crippen LogP contribution in [0.5, 0.6) is 0 Å². The number of rotatable bonds is 12. The van der Waals surface area contributed by atoms with Gasteiger partial charge in [0.1, 0.15) is 12.6 Å². The Bertz CT molecular complexity index is 1430. The van der Waals surface area contributed by atoms with Crippen LogP contribution in [0, 0.1) is 6.92 Å². The number of anilines is 1. The lowest BCUT2D eigenvalue weighted by Gasteiger charge is -2.34. The van der Waals surface area contributed by atoms with Crippen LogP contribution in [0.3, 0.4) is 0 Å². The fourth-order valence-electron chi connectivity index (χ4n) is 5.35. The smallest absolute Gasteiger partial charge is 0.264 e. The fourth-order valence-corrected chi connectivity index (χ4v) is 7.01. The van der Waals surface area contributed by atoms with Gasteiger partial charge in [0, 0.05) is 17.6 Å². The van der Waals surface area contributed by atoms with E-state index in [1.165, 1.54) is 12.1 Å². The van der Waals surface area contributed by atoms with Crippen LogP contribution in [0.25, 0.3) is 0 Å². The minimum atomic E-state index is -4.13. The number of carbonyl (C=O) groups excluding carboxylic acids is 2. The van der Waals surface area contributed by atoms with E-state index in [1.54, 1.807) is 48.2 Å². The topological polar surface area (TPSA) is 86.8 Å². The molecule has 9 heteroatoms. The third kappa shape index (κ3) is 7.68. The number of nitrogens with one attached hydrogen (secondary N) is 1. The lowest BCUT2D eigenvalue weighted by molar-refractivity contribution is -0.139. The summed E-state index contributed by atoms with van der Waals surface area (Å²) in [6.45, 7) is 3.45. The van der Waals surface area contributed by atoms with Gasteiger partial charge < -0.3 is 10.2 Å². The molecule has 3 aromatic carbocycles. The maximum atomic E-state index is 14.2. The average molecular weight is 596 g/mol. The molecule has 7 nitrogen and oxygen atoms in total. The third-order valence-electron chi connectivity index (χ3n) is 7.62. The number of halogens is 1. The van der Waals surface area contributed by atoms with Gasteiger partial charge in [-0.1, -0.05) is 86.0 Å². The van der Waals surface area contributed by atoms with E-state index in [0.717, 1.165) is 35.6 Å². The van der Waals surface area contributed by atoms with Crippen molar-refractivity contribution >= 4 is 39.1 Å². The van der Waals surface area contributed by atoms with Gasteiger partial charge in [0.15, 0.2) is 0 Å². The molecule has 0 aromatic heterocycles. The van der Waals surface area contributed by atoms with E-state index in [1.807, 2.05) is 37.3 Å². The first-order valence-electron chi connectivity index (χ1n) is 14.2. The molecule has 0 saturated heterocycles. The number of hydrogen-bond acceptors (Lipinski definition) is 4. The summed E-state index contributed by atoms with van der Waals surface area (Å²) in [6.07, 6.45) is 4.93. The molecule has 3 aromatic rings. The Morgan fingerprint density at radius 2 is 1.61 bits per heavy atom. The summed E-state index contributed by atoms with van der Waals surface area (Å²) in [5.74, 6) is -0.648. The highest BCUT2D eigenvalue weighted by molar-refractivity contribution is 7.92. The van der Waals surface area contributed by atoms with E-state index in [0.29, 0.717) is 29.1 Å². The van der Waals surface area contributed by atoms with Gasteiger partial charge in [0.25, 0.3) is 10.0 Å². The van der Waals surface area contributed by atoms with E-state index in [-0.39, 0.29) is 23.4 Å². The Labute approximate surface area is 248 Å². The molecule has 0 aliphatic heterocycles. The monoisotopic (exact) mass is 595 g/mol. The number of sulfonamides is 1. The summed E-state index contributed by atoms with van der Waals surface area (Å²) in [6, 6.07) is 22.1. The Morgan fingerprint density at radius 1 is 0.976 bits per heavy atom. The fraction of sp³-hybridized carbons (Fsp3) is 0.375. The lowest BCUT2D eigenvalue weighted by atomic mass is 10.1. The van der Waals surface area contributed by atoms with Crippen LogP contribution in [0.15, 0.2) is 83.8 Å². The first kappa shape index (κ1) is 30.6. The number of benzene rings is 3. The van der Waals surface area contributed by atoms with Gasteiger partial charge in [-0.3, -0.25) is 13.9 Å². The molecule has 1 atom stereocenters. The largest absolute Gasteiger partial charge is 0.352 e. The van der Waals surface area contributed by atoms with Crippen molar-refractivity contribution in [3.63, 3.8) is 0 Å². The molecule has 1 saturated carbocycles. The van der Waals surface area contributed by atoms with E-state index >= 15 is 0 Å². The maximum Gasteiger partial charge on any atom is 0.264 e. The molecule has 218 valence electrons. The molecule has 0 radical (unpaired) electrons. The lowest BCUT2D eigenvalue weighted by Crippen LogP contribution is -2.54. The first-order chi connectivity index (χ1) is 19.7. The van der Waals surface area contributed by atoms with Crippen LogP contribution < -0.4 is 9.62 Å². The van der Waals surface area contributed by atoms with Gasteiger partial charge in [0.05, 0.1) is 10.6 Å². The Morgan fingerprint density at radius 3 is 2.24 bits per heavy atom. The van der Waals surface area contributed by atoms with Crippen molar-refractivity contribution in [3.8, 4) is 0 Å². The molecule has 1 aliphatic carbocycles. The van der Waals surface area contributed by atoms with Gasteiger partial charge in [-0.25, -0.2) is 8.42 Å². The first-order valence-corrected chi connectivity index (χ1v) is 16.0. The molecule has 1 N–H and O–H groups in total. The Balaban J connectivity index is 1.69. The second-order valence-electron chi connectivity index (χ2n) is 10.5. The van der Waals surface area contributed by atoms with Gasteiger partial charge in [-0.2, -0.15) is 0 Å². The molecule has 0 heterocycles. The molecule has 1 fully saturated rings. The van der Waals surface area contributed by atoms with E-state index in [4.69, 9.17) is 11.6 Å². The predicted molar refractivity (Wildman–Crippen MR) is 163 cm³/mol. The normalized spacial score (nSPS) is 14.4. The number of hydrogen-bond donors (Lipinski definition) is 1. The van der Waals surface area contributed by atoms with Gasteiger partial charge in [-0.15, -0.1) is 0 Å². The van der Waals surface area contributed by atoms with Crippen molar-refractivity contribution in [3.05, 3.63) is 95.0 Å². The minimum Gasteiger partial charge on any atom is -0.352 e. The quantitative estimate of drug-likeness (QED) is 0.289. The van der Waals surface area contributed by atoms with Crippen molar-refractivity contribution in [2.75, 3.05) is 17.4 Å². The van der Waals surface area contributed by atoms with Crippen molar-refractivity contribution in [1.82, 2.24) is 10.2 Å². The molecule has 0 unspecified atom stereocenters. The van der Waals surface area contributed by atoms with Crippen LogP contribution in [0.1, 0.15) is 50.2 Å². The molecule has 41 heavy (non-hydrogen) atoms. The average Bonchev–Trinajstić information content (AvgIpc) is 3.49. The van der Waals surface area contributed by atoms with Crippen molar-refractivity contribution < 1.29 is 18.0 Å². The highest BCUT2D eigenvalue weighted by Gasteiger charge is 2.34. The molecule has 4 rings (SSSR count). The molecule has 2 amide bonds. The van der Waals surface area contributed by atoms with Crippen LogP contribution in [0.4, 0.5) is 5.69 Å². The number of amides is 2. The number of aryl methyl sites for hydroxylation is 1. The second-order valence-corrected chi connectivity index (χ2v) is 12.8. The van der Waals surface area contributed by atoms with Crippen LogP contribution in [0.2, 0.25) is 5.02 Å². The van der Waals surface area contributed by atoms with Gasteiger partial charge in [0.2, 0.25) is 11.8 Å². The summed E-state index contributed by atoms with van der Waals surface area (Å²) in [4.78, 5) is 29.3. The van der Waals surface area contributed by atoms with Gasteiger partial charge in [-0.05, 0) is 68.0 Å². The standard InChI is InChI=1S/C32H38ClN3O4S/c1-3-29(32(38)34-27-14-10-11-15-27)35(21-20-25-12-6-4-7-13-25)31(37)23-36(30-22-26(33)19-18-24(30)2)41(39,40)28-16-8-5-9-17-28/h4-9,12-13,16-19,22,27,29H,3,10-11,14-15,20-21,23H2,1-2H3,(H,34,38)/t29-/m0/s1. The molecular formula is C32H38ClN3O4S. The van der Waals surface area contributed by atoms with E-state index in [9.17, 15) is 18.0 Å². The Hall–Kier alpha value is -3.36. The second kappa shape index (κ2) is 14.0. The van der Waals surface area contributed by atoms with Gasteiger partial charge >= 0.3 is 0 Å². The summed E-state index contributed by atoms with van der Waals surface area (Å²) in [5.41, 5.74) is 2.00. The van der Waals surface area contributed by atoms with Crippen LogP contribution >= 0.6 is 11.6 Å². The number of nitrogens with zero attached hydrogens (tertiary/aromatic N) is 2. The number of carbonyl (C=O) groups is 2. The summed E-state index contributed by atoms with van der Waals surface area (Å²) in [7, 11) is -4.13. The zero-order valence-electron chi connectivity index (χ0n) is 23.6. The minimum absolute atomic E-state index is 0.0639.